The van der Waals surface area contributed by atoms with Gasteiger partial charge in [0.05, 0.1) is 0 Å². The fourth-order valence-corrected chi connectivity index (χ4v) is 9.58. The number of benzene rings is 1. The Bertz CT molecular complexity index is 652. The Kier molecular flexibility index (Phi) is 11.0. The Hall–Kier alpha value is -0.973. The highest BCUT2D eigenvalue weighted by Crippen LogP contribution is 2.38. The molecule has 1 aliphatic carbocycles. The minimum Gasteiger partial charge on any atom is -0.432 e. The van der Waals surface area contributed by atoms with Gasteiger partial charge in [0.1, 0.15) is 0 Å². The highest BCUT2D eigenvalue weighted by atomic mass is 28.3. The third-order valence-electron chi connectivity index (χ3n) is 8.15. The smallest absolute Gasteiger partial charge is 0.387 e. The minimum absolute atomic E-state index is 0.350. The molecular weight excluding hydrogens is 425 g/mol. The lowest BCUT2D eigenvalue weighted by Gasteiger charge is -2.29. The number of halogens is 3. The zero-order chi connectivity index (χ0) is 22.8. The van der Waals surface area contributed by atoms with Crippen LogP contribution in [0.4, 0.5) is 13.2 Å². The van der Waals surface area contributed by atoms with E-state index in [1.807, 2.05) is 0 Å². The number of unbranched alkanes of at least 4 members (excludes halogenated alkanes) is 3. The van der Waals surface area contributed by atoms with E-state index >= 15 is 0 Å². The van der Waals surface area contributed by atoms with Crippen LogP contribution in [-0.4, -0.2) is 15.4 Å². The number of rotatable bonds is 12. The molecule has 3 rings (SSSR count). The van der Waals surface area contributed by atoms with E-state index in [2.05, 4.69) is 11.7 Å². The molecule has 5 heteroatoms. The van der Waals surface area contributed by atoms with Gasteiger partial charge in [-0.3, -0.25) is 0 Å². The van der Waals surface area contributed by atoms with Gasteiger partial charge < -0.3 is 4.74 Å². The quantitative estimate of drug-likeness (QED) is 0.219. The fraction of sp³-hybridized carbons (Fsp3) is 0.778. The highest BCUT2D eigenvalue weighted by Gasteiger charge is 2.25. The Morgan fingerprint density at radius 1 is 0.906 bits per heavy atom. The average Bonchev–Trinajstić information content (AvgIpc) is 2.79. The monoisotopic (exact) mass is 468 g/mol. The SMILES string of the molecule is CCCCC[C@H]1CC[C@H](CCCC[Si@H]2CC[C@H](c3ccc(OC(F)F)c(F)c3)CC2)CC1. The van der Waals surface area contributed by atoms with Crippen LogP contribution in [0.25, 0.3) is 0 Å². The van der Waals surface area contributed by atoms with Crippen LogP contribution < -0.4 is 4.74 Å². The second-order valence-corrected chi connectivity index (χ2v) is 13.9. The van der Waals surface area contributed by atoms with Gasteiger partial charge in [-0.05, 0) is 48.3 Å². The van der Waals surface area contributed by atoms with Crippen molar-refractivity contribution in [3.05, 3.63) is 29.6 Å². The van der Waals surface area contributed by atoms with Gasteiger partial charge in [-0.2, -0.15) is 8.78 Å². The van der Waals surface area contributed by atoms with Crippen molar-refractivity contribution in [1.82, 2.24) is 0 Å². The molecule has 32 heavy (non-hydrogen) atoms. The maximum absolute atomic E-state index is 14.0. The summed E-state index contributed by atoms with van der Waals surface area (Å²) >= 11 is 0. The molecule has 0 N–H and O–H groups in total. The van der Waals surface area contributed by atoms with Gasteiger partial charge in [-0.25, -0.2) is 4.39 Å². The maximum atomic E-state index is 14.0. The summed E-state index contributed by atoms with van der Waals surface area (Å²) in [6.45, 7) is -0.691. The number of alkyl halides is 2. The molecule has 2 aliphatic rings. The summed E-state index contributed by atoms with van der Waals surface area (Å²) in [5.41, 5.74) is 0.946. The first kappa shape index (κ1) is 25.6. The van der Waals surface area contributed by atoms with E-state index in [0.717, 1.165) is 30.2 Å². The standard InChI is InChI=1S/C27H43F3OSi/c1-2-3-4-7-21-9-11-22(12-10-21)8-5-6-17-32-18-15-23(16-19-32)24-13-14-26(25(28)20-24)31-27(29)30/h13-14,20-23,27,32H,2-12,15-19H2,1H3/t21-,22-,23-,32-. The van der Waals surface area contributed by atoms with Crippen LogP contribution in [-0.2, 0) is 0 Å². The zero-order valence-electron chi connectivity index (χ0n) is 20.0. The van der Waals surface area contributed by atoms with Crippen molar-refractivity contribution in [2.45, 2.75) is 121 Å². The van der Waals surface area contributed by atoms with Crippen LogP contribution in [0.2, 0.25) is 18.1 Å². The van der Waals surface area contributed by atoms with E-state index in [1.54, 1.807) is 6.07 Å². The third kappa shape index (κ3) is 8.42. The molecule has 1 saturated carbocycles. The van der Waals surface area contributed by atoms with Crippen LogP contribution in [0.1, 0.15) is 102 Å². The topological polar surface area (TPSA) is 9.23 Å². The van der Waals surface area contributed by atoms with Crippen LogP contribution in [0.5, 0.6) is 5.75 Å². The lowest BCUT2D eigenvalue weighted by molar-refractivity contribution is -0.0522. The maximum Gasteiger partial charge on any atom is 0.387 e. The van der Waals surface area contributed by atoms with E-state index in [9.17, 15) is 13.2 Å². The highest BCUT2D eigenvalue weighted by molar-refractivity contribution is 6.59. The Labute approximate surface area is 195 Å². The van der Waals surface area contributed by atoms with Crippen molar-refractivity contribution >= 4 is 8.80 Å². The molecule has 1 saturated heterocycles. The molecule has 0 spiro atoms. The van der Waals surface area contributed by atoms with Crippen molar-refractivity contribution in [3.63, 3.8) is 0 Å². The van der Waals surface area contributed by atoms with Crippen LogP contribution >= 0.6 is 0 Å². The average molecular weight is 469 g/mol. The van der Waals surface area contributed by atoms with Crippen LogP contribution in [0, 0.1) is 17.7 Å². The molecule has 0 amide bonds. The molecule has 1 aromatic carbocycles. The van der Waals surface area contributed by atoms with Crippen LogP contribution in [0.15, 0.2) is 18.2 Å². The predicted octanol–water partition coefficient (Wildman–Crippen LogP) is 9.09. The molecule has 0 radical (unpaired) electrons. The van der Waals surface area contributed by atoms with Gasteiger partial charge >= 0.3 is 6.61 Å². The van der Waals surface area contributed by atoms with Crippen molar-refractivity contribution in [2.24, 2.45) is 11.8 Å². The van der Waals surface area contributed by atoms with Crippen molar-refractivity contribution in [3.8, 4) is 5.75 Å². The van der Waals surface area contributed by atoms with Gasteiger partial charge in [-0.15, -0.1) is 0 Å². The molecule has 2 fully saturated rings. The minimum atomic E-state index is -2.98. The van der Waals surface area contributed by atoms with Crippen molar-refractivity contribution in [1.29, 1.82) is 0 Å². The van der Waals surface area contributed by atoms with E-state index in [-0.39, 0.29) is 5.75 Å². The van der Waals surface area contributed by atoms with Gasteiger partial charge in [0.2, 0.25) is 0 Å². The van der Waals surface area contributed by atoms with Gasteiger partial charge in [0.25, 0.3) is 0 Å². The zero-order valence-corrected chi connectivity index (χ0v) is 21.1. The molecular formula is C27H43F3OSi. The van der Waals surface area contributed by atoms with Crippen LogP contribution in [0.3, 0.4) is 0 Å². The normalized spacial score (nSPS) is 26.4. The van der Waals surface area contributed by atoms with Crippen molar-refractivity contribution in [2.75, 3.05) is 0 Å². The summed E-state index contributed by atoms with van der Waals surface area (Å²) in [4.78, 5) is 0. The third-order valence-corrected chi connectivity index (χ3v) is 11.7. The molecule has 1 aliphatic heterocycles. The molecule has 1 aromatic rings. The van der Waals surface area contributed by atoms with E-state index in [0.29, 0.717) is 5.92 Å². The fourth-order valence-electron chi connectivity index (χ4n) is 6.10. The molecule has 1 nitrogen and oxygen atoms in total. The Morgan fingerprint density at radius 2 is 1.53 bits per heavy atom. The van der Waals surface area contributed by atoms with E-state index < -0.39 is 21.2 Å². The summed E-state index contributed by atoms with van der Waals surface area (Å²) in [7, 11) is -0.648. The second kappa shape index (κ2) is 13.7. The van der Waals surface area contributed by atoms with Gasteiger partial charge in [0, 0.05) is 8.80 Å². The number of ether oxygens (including phenoxy) is 1. The lowest BCUT2D eigenvalue weighted by atomic mass is 9.78. The summed E-state index contributed by atoms with van der Waals surface area (Å²) in [5.74, 6) is 1.36. The molecule has 1 heterocycles. The van der Waals surface area contributed by atoms with Gasteiger partial charge in [-0.1, -0.05) is 102 Å². The molecule has 0 atom stereocenters. The molecule has 0 bridgehead atoms. The molecule has 0 unspecified atom stereocenters. The largest absolute Gasteiger partial charge is 0.432 e. The number of hydrogen-bond donors (Lipinski definition) is 0. The molecule has 182 valence electrons. The first-order valence-electron chi connectivity index (χ1n) is 13.3. The number of hydrogen-bond acceptors (Lipinski definition) is 1. The van der Waals surface area contributed by atoms with Gasteiger partial charge in [0.15, 0.2) is 11.6 Å². The summed E-state index contributed by atoms with van der Waals surface area (Å²) in [6.07, 6.45) is 18.1. The van der Waals surface area contributed by atoms with E-state index in [1.165, 1.54) is 101 Å². The summed E-state index contributed by atoms with van der Waals surface area (Å²) < 4.78 is 42.9. The second-order valence-electron chi connectivity index (χ2n) is 10.5. The van der Waals surface area contributed by atoms with E-state index in [4.69, 9.17) is 0 Å². The Balaban J connectivity index is 1.27. The first-order chi connectivity index (χ1) is 15.5. The predicted molar refractivity (Wildman–Crippen MR) is 130 cm³/mol. The van der Waals surface area contributed by atoms with Crippen molar-refractivity contribution < 1.29 is 17.9 Å². The Morgan fingerprint density at radius 3 is 2.09 bits per heavy atom. The summed E-state index contributed by atoms with van der Waals surface area (Å²) in [5, 5.41) is 0. The molecule has 0 aromatic heterocycles. The lowest BCUT2D eigenvalue weighted by Crippen LogP contribution is -2.20. The first-order valence-corrected chi connectivity index (χ1v) is 15.7. The summed E-state index contributed by atoms with van der Waals surface area (Å²) in [6, 6.07) is 8.68.